The van der Waals surface area contributed by atoms with E-state index in [1.165, 1.54) is 24.1 Å². The van der Waals surface area contributed by atoms with Crippen molar-refractivity contribution < 1.29 is 24.2 Å². The van der Waals surface area contributed by atoms with E-state index in [1.807, 2.05) is 0 Å². The molecule has 1 aliphatic rings. The quantitative estimate of drug-likeness (QED) is 0.856. The minimum absolute atomic E-state index is 0.0360. The maximum absolute atomic E-state index is 11.8. The van der Waals surface area contributed by atoms with Crippen molar-refractivity contribution in [2.75, 3.05) is 18.6 Å². The zero-order chi connectivity index (χ0) is 14.9. The van der Waals surface area contributed by atoms with Crippen LogP contribution >= 0.6 is 11.6 Å². The van der Waals surface area contributed by atoms with Crippen molar-refractivity contribution >= 4 is 35.1 Å². The van der Waals surface area contributed by atoms with Crippen LogP contribution in [-0.2, 0) is 14.3 Å². The zero-order valence-corrected chi connectivity index (χ0v) is 11.4. The number of carbonyl (C=O) groups excluding carboxylic acids is 2. The molecular formula is C13H12ClNO5. The smallest absolute Gasteiger partial charge is 0.339 e. The van der Waals surface area contributed by atoms with Crippen LogP contribution in [0.3, 0.4) is 0 Å². The van der Waals surface area contributed by atoms with Gasteiger partial charge in [0.1, 0.15) is 0 Å². The Bertz CT molecular complexity index is 586. The highest BCUT2D eigenvalue weighted by atomic mass is 35.5. The first-order chi connectivity index (χ1) is 9.43. The summed E-state index contributed by atoms with van der Waals surface area (Å²) in [7, 11) is 1.24. The fourth-order valence-corrected chi connectivity index (χ4v) is 2.32. The number of nitrogens with zero attached hydrogens (tertiary/aromatic N) is 1. The number of carboxylic acid groups (broad SMARTS) is 1. The molecule has 0 aromatic heterocycles. The largest absolute Gasteiger partial charge is 0.481 e. The van der Waals surface area contributed by atoms with Crippen LogP contribution in [0.15, 0.2) is 18.2 Å². The second-order valence-corrected chi connectivity index (χ2v) is 4.81. The third kappa shape index (κ3) is 2.60. The third-order valence-corrected chi connectivity index (χ3v) is 3.46. The summed E-state index contributed by atoms with van der Waals surface area (Å²) in [5.41, 5.74) is 0.663. The third-order valence-electron chi connectivity index (χ3n) is 3.14. The molecule has 1 aromatic rings. The van der Waals surface area contributed by atoms with Gasteiger partial charge in [-0.3, -0.25) is 9.59 Å². The lowest BCUT2D eigenvalue weighted by molar-refractivity contribution is -0.141. The van der Waals surface area contributed by atoms with E-state index in [4.69, 9.17) is 16.7 Å². The fourth-order valence-electron chi connectivity index (χ4n) is 2.07. The average molecular weight is 298 g/mol. The van der Waals surface area contributed by atoms with E-state index in [2.05, 4.69) is 4.74 Å². The Hall–Kier alpha value is -2.08. The van der Waals surface area contributed by atoms with Gasteiger partial charge in [-0.05, 0) is 18.2 Å². The first kappa shape index (κ1) is 14.3. The van der Waals surface area contributed by atoms with Crippen LogP contribution in [0.2, 0.25) is 5.02 Å². The Labute approximate surface area is 119 Å². The molecule has 2 rings (SSSR count). The summed E-state index contributed by atoms with van der Waals surface area (Å²) in [6.45, 7) is 0.0993. The number of amides is 1. The van der Waals surface area contributed by atoms with Gasteiger partial charge in [0.05, 0.1) is 23.6 Å². The van der Waals surface area contributed by atoms with Crippen molar-refractivity contribution in [2.45, 2.75) is 6.42 Å². The van der Waals surface area contributed by atoms with Gasteiger partial charge in [-0.25, -0.2) is 4.79 Å². The number of carboxylic acids is 1. The molecule has 1 N–H and O–H groups in total. The summed E-state index contributed by atoms with van der Waals surface area (Å²) in [4.78, 5) is 35.5. The van der Waals surface area contributed by atoms with Crippen LogP contribution in [0.1, 0.15) is 16.8 Å². The normalized spacial score (nSPS) is 18.2. The number of methoxy groups -OCH3 is 1. The Balaban J connectivity index is 2.26. The van der Waals surface area contributed by atoms with Gasteiger partial charge in [-0.1, -0.05) is 11.6 Å². The average Bonchev–Trinajstić information content (AvgIpc) is 2.80. The SMILES string of the molecule is COC(=O)c1ccc(N2CC(C(=O)O)CC2=O)cc1Cl. The molecule has 0 spiro atoms. The van der Waals surface area contributed by atoms with Gasteiger partial charge in [0.2, 0.25) is 5.91 Å². The van der Waals surface area contributed by atoms with E-state index in [0.717, 1.165) is 0 Å². The van der Waals surface area contributed by atoms with Crippen LogP contribution < -0.4 is 4.90 Å². The number of anilines is 1. The Kier molecular flexibility index (Phi) is 3.94. The van der Waals surface area contributed by atoms with Gasteiger partial charge in [-0.15, -0.1) is 0 Å². The first-order valence-electron chi connectivity index (χ1n) is 5.85. The highest BCUT2D eigenvalue weighted by Crippen LogP contribution is 2.29. The van der Waals surface area contributed by atoms with Crippen LogP contribution in [0.4, 0.5) is 5.69 Å². The van der Waals surface area contributed by atoms with Crippen molar-refractivity contribution in [3.63, 3.8) is 0 Å². The number of aliphatic carboxylic acids is 1. The standard InChI is InChI=1S/C13H12ClNO5/c1-20-13(19)9-3-2-8(5-10(9)14)15-6-7(12(17)18)4-11(15)16/h2-3,5,7H,4,6H2,1H3,(H,17,18). The van der Waals surface area contributed by atoms with E-state index in [-0.39, 0.29) is 29.5 Å². The van der Waals surface area contributed by atoms with E-state index < -0.39 is 17.9 Å². The molecule has 1 amide bonds. The lowest BCUT2D eigenvalue weighted by Crippen LogP contribution is -2.25. The number of hydrogen-bond acceptors (Lipinski definition) is 4. The van der Waals surface area contributed by atoms with Gasteiger partial charge < -0.3 is 14.7 Å². The van der Waals surface area contributed by atoms with E-state index in [9.17, 15) is 14.4 Å². The summed E-state index contributed by atoms with van der Waals surface area (Å²) < 4.78 is 4.57. The molecule has 1 atom stereocenters. The topological polar surface area (TPSA) is 83.9 Å². The molecule has 0 bridgehead atoms. The Morgan fingerprint density at radius 3 is 2.65 bits per heavy atom. The fraction of sp³-hybridized carbons (Fsp3) is 0.308. The van der Waals surface area contributed by atoms with Crippen molar-refractivity contribution in [3.05, 3.63) is 28.8 Å². The van der Waals surface area contributed by atoms with Crippen LogP contribution in [-0.4, -0.2) is 36.6 Å². The first-order valence-corrected chi connectivity index (χ1v) is 6.23. The molecule has 106 valence electrons. The lowest BCUT2D eigenvalue weighted by atomic mass is 10.1. The van der Waals surface area contributed by atoms with Crippen LogP contribution in [0, 0.1) is 5.92 Å². The number of halogens is 1. The summed E-state index contributed by atoms with van der Waals surface area (Å²) in [6, 6.07) is 4.45. The molecule has 1 saturated heterocycles. The van der Waals surface area contributed by atoms with Gasteiger partial charge in [0, 0.05) is 18.7 Å². The minimum Gasteiger partial charge on any atom is -0.481 e. The van der Waals surface area contributed by atoms with Crippen molar-refractivity contribution in [1.82, 2.24) is 0 Å². The molecule has 0 saturated carbocycles. The van der Waals surface area contributed by atoms with Crippen molar-refractivity contribution in [3.8, 4) is 0 Å². The van der Waals surface area contributed by atoms with E-state index >= 15 is 0 Å². The number of carbonyl (C=O) groups is 3. The molecule has 20 heavy (non-hydrogen) atoms. The van der Waals surface area contributed by atoms with Crippen LogP contribution in [0.25, 0.3) is 0 Å². The highest BCUT2D eigenvalue weighted by Gasteiger charge is 2.35. The summed E-state index contributed by atoms with van der Waals surface area (Å²) >= 11 is 5.97. The lowest BCUT2D eigenvalue weighted by Gasteiger charge is -2.17. The number of hydrogen-bond donors (Lipinski definition) is 1. The summed E-state index contributed by atoms with van der Waals surface area (Å²) in [5.74, 6) is -2.57. The summed E-state index contributed by atoms with van der Waals surface area (Å²) in [5, 5.41) is 9.09. The minimum atomic E-state index is -1.00. The molecule has 0 radical (unpaired) electrons. The second-order valence-electron chi connectivity index (χ2n) is 4.40. The van der Waals surface area contributed by atoms with Crippen molar-refractivity contribution in [1.29, 1.82) is 0 Å². The predicted molar refractivity (Wildman–Crippen MR) is 70.9 cm³/mol. The zero-order valence-electron chi connectivity index (χ0n) is 10.6. The Morgan fingerprint density at radius 1 is 1.45 bits per heavy atom. The molecule has 7 heteroatoms. The highest BCUT2D eigenvalue weighted by molar-refractivity contribution is 6.34. The van der Waals surface area contributed by atoms with E-state index in [0.29, 0.717) is 5.69 Å². The molecule has 1 fully saturated rings. The monoisotopic (exact) mass is 297 g/mol. The van der Waals surface area contributed by atoms with Crippen molar-refractivity contribution in [2.24, 2.45) is 5.92 Å². The molecule has 1 heterocycles. The van der Waals surface area contributed by atoms with Crippen LogP contribution in [0.5, 0.6) is 0 Å². The Morgan fingerprint density at radius 2 is 2.15 bits per heavy atom. The maximum atomic E-state index is 11.8. The predicted octanol–water partition coefficient (Wildman–Crippen LogP) is 1.56. The number of esters is 1. The number of benzene rings is 1. The van der Waals surface area contributed by atoms with E-state index in [1.54, 1.807) is 6.07 Å². The molecule has 0 aliphatic carbocycles. The molecule has 1 unspecified atom stereocenters. The van der Waals surface area contributed by atoms with Gasteiger partial charge in [0.25, 0.3) is 0 Å². The maximum Gasteiger partial charge on any atom is 0.339 e. The summed E-state index contributed by atoms with van der Waals surface area (Å²) in [6.07, 6.45) is -0.0360. The molecule has 1 aromatic carbocycles. The molecule has 1 aliphatic heterocycles. The molecule has 6 nitrogen and oxygen atoms in total. The van der Waals surface area contributed by atoms with Gasteiger partial charge in [0.15, 0.2) is 0 Å². The number of ether oxygens (including phenoxy) is 1. The number of rotatable bonds is 3. The second kappa shape index (κ2) is 5.50. The molecular weight excluding hydrogens is 286 g/mol. The van der Waals surface area contributed by atoms with Gasteiger partial charge >= 0.3 is 11.9 Å². The van der Waals surface area contributed by atoms with Gasteiger partial charge in [-0.2, -0.15) is 0 Å².